The number of aryl methyl sites for hydroxylation is 1. The number of phenolic OH excluding ortho intramolecular Hbond substituents is 1. The molecule has 0 aliphatic heterocycles. The van der Waals surface area contributed by atoms with E-state index in [1.807, 2.05) is 6.07 Å². The van der Waals surface area contributed by atoms with Crippen molar-refractivity contribution in [3.63, 3.8) is 0 Å². The van der Waals surface area contributed by atoms with Gasteiger partial charge in [0.15, 0.2) is 0 Å². The first kappa shape index (κ1) is 14.1. The van der Waals surface area contributed by atoms with E-state index in [1.165, 1.54) is 0 Å². The summed E-state index contributed by atoms with van der Waals surface area (Å²) in [6.45, 7) is 1.78. The lowest BCUT2D eigenvalue weighted by atomic mass is 10.1. The first-order chi connectivity index (χ1) is 8.95. The van der Waals surface area contributed by atoms with Gasteiger partial charge < -0.3 is 10.4 Å². The molecule has 0 fully saturated rings. The molecule has 1 amide bonds. The molecule has 98 valence electrons. The van der Waals surface area contributed by atoms with E-state index in [0.29, 0.717) is 16.8 Å². The third-order valence-corrected chi connectivity index (χ3v) is 3.50. The smallest absolute Gasteiger partial charge is 0.255 e. The van der Waals surface area contributed by atoms with Crippen LogP contribution in [0.4, 0.5) is 5.69 Å². The molecule has 2 aromatic rings. The van der Waals surface area contributed by atoms with Crippen LogP contribution in [0.3, 0.4) is 0 Å². The van der Waals surface area contributed by atoms with E-state index in [1.54, 1.807) is 37.3 Å². The molecule has 0 radical (unpaired) electrons. The van der Waals surface area contributed by atoms with Gasteiger partial charge >= 0.3 is 0 Å². The summed E-state index contributed by atoms with van der Waals surface area (Å²) >= 11 is 6.69. The number of anilines is 1. The number of carbonyl (C=O) groups excluding carboxylic acids is 1. The fraction of sp³-hybridized carbons (Fsp3) is 0.0714. The molecule has 0 aliphatic rings. The van der Waals surface area contributed by atoms with Crippen LogP contribution >= 0.6 is 31.9 Å². The maximum Gasteiger partial charge on any atom is 0.255 e. The highest BCUT2D eigenvalue weighted by molar-refractivity contribution is 9.11. The van der Waals surface area contributed by atoms with Crippen LogP contribution in [0.5, 0.6) is 5.75 Å². The minimum absolute atomic E-state index is 0.202. The second-order valence-electron chi connectivity index (χ2n) is 4.11. The zero-order valence-electron chi connectivity index (χ0n) is 10.1. The summed E-state index contributed by atoms with van der Waals surface area (Å²) < 4.78 is 1.66. The van der Waals surface area contributed by atoms with Gasteiger partial charge in [-0.25, -0.2) is 0 Å². The van der Waals surface area contributed by atoms with Gasteiger partial charge in [0.2, 0.25) is 0 Å². The van der Waals surface area contributed by atoms with E-state index in [2.05, 4.69) is 37.2 Å². The molecule has 2 N–H and O–H groups in total. The van der Waals surface area contributed by atoms with Crippen molar-refractivity contribution < 1.29 is 9.90 Å². The van der Waals surface area contributed by atoms with Gasteiger partial charge in [-0.3, -0.25) is 4.79 Å². The van der Waals surface area contributed by atoms with Crippen LogP contribution in [-0.2, 0) is 0 Å². The predicted molar refractivity (Wildman–Crippen MR) is 82.6 cm³/mol. The molecule has 0 saturated heterocycles. The quantitative estimate of drug-likeness (QED) is 0.750. The molecule has 19 heavy (non-hydrogen) atoms. The van der Waals surface area contributed by atoms with Crippen molar-refractivity contribution in [3.8, 4) is 5.75 Å². The molecule has 0 saturated carbocycles. The normalized spacial score (nSPS) is 10.3. The molecule has 0 aliphatic carbocycles. The van der Waals surface area contributed by atoms with Crippen molar-refractivity contribution >= 4 is 43.5 Å². The highest BCUT2D eigenvalue weighted by Crippen LogP contribution is 2.23. The number of amides is 1. The van der Waals surface area contributed by atoms with Crippen LogP contribution in [0.2, 0.25) is 0 Å². The molecule has 2 aromatic carbocycles. The van der Waals surface area contributed by atoms with Crippen molar-refractivity contribution in [2.75, 3.05) is 5.32 Å². The Hall–Kier alpha value is -1.33. The SMILES string of the molecule is Cc1cc(NC(=O)c2cc(Br)cc(Br)c2)ccc1O. The van der Waals surface area contributed by atoms with Crippen molar-refractivity contribution in [1.82, 2.24) is 0 Å². The molecule has 0 bridgehead atoms. The van der Waals surface area contributed by atoms with Crippen molar-refractivity contribution in [1.29, 1.82) is 0 Å². The van der Waals surface area contributed by atoms with Crippen LogP contribution in [-0.4, -0.2) is 11.0 Å². The lowest BCUT2D eigenvalue weighted by Crippen LogP contribution is -2.11. The van der Waals surface area contributed by atoms with Crippen LogP contribution in [0.15, 0.2) is 45.3 Å². The highest BCUT2D eigenvalue weighted by Gasteiger charge is 2.08. The van der Waals surface area contributed by atoms with Gasteiger partial charge in [0, 0.05) is 20.2 Å². The molecular formula is C14H11Br2NO2. The van der Waals surface area contributed by atoms with Crippen LogP contribution in [0.25, 0.3) is 0 Å². The third kappa shape index (κ3) is 3.58. The lowest BCUT2D eigenvalue weighted by Gasteiger charge is -2.08. The summed E-state index contributed by atoms with van der Waals surface area (Å²) in [5, 5.41) is 12.2. The Morgan fingerprint density at radius 3 is 2.32 bits per heavy atom. The summed E-state index contributed by atoms with van der Waals surface area (Å²) in [6, 6.07) is 10.3. The Balaban J connectivity index is 2.22. The molecule has 3 nitrogen and oxygen atoms in total. The number of nitrogens with one attached hydrogen (secondary N) is 1. The molecule has 0 atom stereocenters. The van der Waals surface area contributed by atoms with Gasteiger partial charge in [0.25, 0.3) is 5.91 Å². The number of hydrogen-bond acceptors (Lipinski definition) is 2. The molecule has 0 aromatic heterocycles. The summed E-state index contributed by atoms with van der Waals surface area (Å²) in [6.07, 6.45) is 0. The Bertz CT molecular complexity index is 621. The first-order valence-corrected chi connectivity index (χ1v) is 7.11. The van der Waals surface area contributed by atoms with Crippen molar-refractivity contribution in [3.05, 3.63) is 56.5 Å². The molecule has 0 spiro atoms. The van der Waals surface area contributed by atoms with E-state index >= 15 is 0 Å². The topological polar surface area (TPSA) is 49.3 Å². The number of halogens is 2. The summed E-state index contributed by atoms with van der Waals surface area (Å²) in [4.78, 5) is 12.1. The number of aromatic hydroxyl groups is 1. The zero-order chi connectivity index (χ0) is 14.0. The van der Waals surface area contributed by atoms with Crippen LogP contribution < -0.4 is 5.32 Å². The highest BCUT2D eigenvalue weighted by atomic mass is 79.9. The summed E-state index contributed by atoms with van der Waals surface area (Å²) in [5.41, 5.74) is 1.91. The van der Waals surface area contributed by atoms with E-state index in [-0.39, 0.29) is 11.7 Å². The maximum absolute atomic E-state index is 12.1. The van der Waals surface area contributed by atoms with E-state index < -0.39 is 0 Å². The second-order valence-corrected chi connectivity index (χ2v) is 5.94. The minimum atomic E-state index is -0.202. The van der Waals surface area contributed by atoms with Crippen molar-refractivity contribution in [2.24, 2.45) is 0 Å². The number of phenols is 1. The Kier molecular flexibility index (Phi) is 4.27. The van der Waals surface area contributed by atoms with E-state index in [4.69, 9.17) is 0 Å². The Labute approximate surface area is 127 Å². The number of rotatable bonds is 2. The van der Waals surface area contributed by atoms with E-state index in [9.17, 15) is 9.90 Å². The van der Waals surface area contributed by atoms with Crippen LogP contribution in [0, 0.1) is 6.92 Å². The van der Waals surface area contributed by atoms with Gasteiger partial charge in [0.05, 0.1) is 0 Å². The van der Waals surface area contributed by atoms with E-state index in [0.717, 1.165) is 8.95 Å². The van der Waals surface area contributed by atoms with Gasteiger partial charge in [-0.1, -0.05) is 31.9 Å². The average Bonchev–Trinajstić information content (AvgIpc) is 2.32. The van der Waals surface area contributed by atoms with Gasteiger partial charge in [-0.05, 0) is 48.9 Å². The zero-order valence-corrected chi connectivity index (χ0v) is 13.2. The molecule has 0 unspecified atom stereocenters. The van der Waals surface area contributed by atoms with Gasteiger partial charge in [0.1, 0.15) is 5.75 Å². The minimum Gasteiger partial charge on any atom is -0.508 e. The molecule has 2 rings (SSSR count). The lowest BCUT2D eigenvalue weighted by molar-refractivity contribution is 0.102. The molecule has 5 heteroatoms. The Morgan fingerprint density at radius 1 is 1.11 bits per heavy atom. The van der Waals surface area contributed by atoms with Gasteiger partial charge in [-0.15, -0.1) is 0 Å². The van der Waals surface area contributed by atoms with Crippen molar-refractivity contribution in [2.45, 2.75) is 6.92 Å². The summed E-state index contributed by atoms with van der Waals surface area (Å²) in [5.74, 6) is 0.00953. The average molecular weight is 385 g/mol. The largest absolute Gasteiger partial charge is 0.508 e. The number of hydrogen-bond donors (Lipinski definition) is 2. The van der Waals surface area contributed by atoms with Crippen LogP contribution in [0.1, 0.15) is 15.9 Å². The second kappa shape index (κ2) is 5.75. The predicted octanol–water partition coefficient (Wildman–Crippen LogP) is 4.48. The first-order valence-electron chi connectivity index (χ1n) is 5.53. The standard InChI is InChI=1S/C14H11Br2NO2/c1-8-4-12(2-3-13(8)18)17-14(19)9-5-10(15)7-11(16)6-9/h2-7,18H,1H3,(H,17,19). The molecular weight excluding hydrogens is 374 g/mol. The third-order valence-electron chi connectivity index (χ3n) is 2.58. The Morgan fingerprint density at radius 2 is 1.74 bits per heavy atom. The molecule has 0 heterocycles. The monoisotopic (exact) mass is 383 g/mol. The maximum atomic E-state index is 12.1. The fourth-order valence-electron chi connectivity index (χ4n) is 1.62. The van der Waals surface area contributed by atoms with Gasteiger partial charge in [-0.2, -0.15) is 0 Å². The number of carbonyl (C=O) groups is 1. The summed E-state index contributed by atoms with van der Waals surface area (Å²) in [7, 11) is 0. The number of benzene rings is 2. The fourth-order valence-corrected chi connectivity index (χ4v) is 2.92.